The molecule has 0 aliphatic heterocycles. The number of carboxylic acid groups (broad SMARTS) is 1. The topological polar surface area (TPSA) is 98.9 Å². The van der Waals surface area contributed by atoms with Gasteiger partial charge in [-0.25, -0.2) is 0 Å². The number of carbonyl (C=O) groups excluding carboxylic acids is 1. The van der Waals surface area contributed by atoms with Gasteiger partial charge in [0.25, 0.3) is 5.97 Å². The zero-order chi connectivity index (χ0) is 15.9. The zero-order valence-electron chi connectivity index (χ0n) is 12.9. The largest absolute Gasteiger partial charge is 0.481 e. The molecule has 0 amide bonds. The van der Waals surface area contributed by atoms with Crippen LogP contribution in [0.3, 0.4) is 0 Å². The molecule has 0 aromatic heterocycles. The van der Waals surface area contributed by atoms with Gasteiger partial charge in [-0.15, -0.1) is 0 Å². The lowest BCUT2D eigenvalue weighted by Crippen LogP contribution is -2.42. The predicted octanol–water partition coefficient (Wildman–Crippen LogP) is 1.56. The maximum Gasteiger partial charge on any atom is 0.325 e. The van der Waals surface area contributed by atoms with Crippen LogP contribution < -0.4 is 5.73 Å². The highest BCUT2D eigenvalue weighted by Crippen LogP contribution is 2.10. The average Bonchev–Trinajstić information content (AvgIpc) is 2.08. The number of hydrogen-bond acceptors (Lipinski definition) is 5. The molecule has 0 heterocycles. The van der Waals surface area contributed by atoms with Crippen LogP contribution in [0.1, 0.15) is 48.5 Å². The average molecular weight is 277 g/mol. The first-order valence-corrected chi connectivity index (χ1v) is 6.06. The molecular formula is C13H27NO5. The van der Waals surface area contributed by atoms with E-state index in [9.17, 15) is 4.79 Å². The van der Waals surface area contributed by atoms with Gasteiger partial charge in [-0.2, -0.15) is 0 Å². The summed E-state index contributed by atoms with van der Waals surface area (Å²) < 4.78 is 10.5. The zero-order valence-corrected chi connectivity index (χ0v) is 12.9. The van der Waals surface area contributed by atoms with Crippen molar-refractivity contribution >= 4 is 11.9 Å². The number of hydrogen-bond donors (Lipinski definition) is 2. The van der Waals surface area contributed by atoms with Crippen LogP contribution in [0.25, 0.3) is 0 Å². The molecule has 0 spiro atoms. The first-order valence-electron chi connectivity index (χ1n) is 6.06. The highest BCUT2D eigenvalue weighted by molar-refractivity contribution is 5.76. The second kappa shape index (κ2) is 8.12. The molecule has 114 valence electrons. The summed E-state index contributed by atoms with van der Waals surface area (Å²) >= 11 is 0. The van der Waals surface area contributed by atoms with Gasteiger partial charge in [-0.1, -0.05) is 0 Å². The van der Waals surface area contributed by atoms with E-state index < -0.39 is 23.6 Å². The summed E-state index contributed by atoms with van der Waals surface area (Å²) in [6.07, 6.45) is 0. The summed E-state index contributed by atoms with van der Waals surface area (Å²) in [6.45, 7) is 12.4. The molecule has 0 unspecified atom stereocenters. The Morgan fingerprint density at radius 3 is 1.74 bits per heavy atom. The Balaban J connectivity index is 0. The molecule has 6 nitrogen and oxygen atoms in total. The maximum absolute atomic E-state index is 11.4. The van der Waals surface area contributed by atoms with Gasteiger partial charge in [0.05, 0.1) is 12.2 Å². The molecule has 0 bridgehead atoms. The fourth-order valence-corrected chi connectivity index (χ4v) is 0.785. The third kappa shape index (κ3) is 19.4. The van der Waals surface area contributed by atoms with Crippen LogP contribution in [0.5, 0.6) is 0 Å². The van der Waals surface area contributed by atoms with E-state index in [4.69, 9.17) is 25.1 Å². The Labute approximate surface area is 115 Å². The second-order valence-corrected chi connectivity index (χ2v) is 6.08. The van der Waals surface area contributed by atoms with Crippen molar-refractivity contribution in [2.45, 2.75) is 65.7 Å². The summed E-state index contributed by atoms with van der Waals surface area (Å²) in [6, 6.07) is -0.719. The molecule has 0 rings (SSSR count). The molecule has 0 saturated heterocycles. The number of ether oxygens (including phenoxy) is 2. The van der Waals surface area contributed by atoms with Crippen LogP contribution in [-0.4, -0.2) is 40.9 Å². The SMILES string of the molecule is CC(=O)O.CC(C)(C)OC[C@H](N)C(=O)OC(C)(C)C. The minimum absolute atomic E-state index is 0.179. The van der Waals surface area contributed by atoms with E-state index in [1.54, 1.807) is 0 Å². The molecule has 3 N–H and O–H groups in total. The lowest BCUT2D eigenvalue weighted by molar-refractivity contribution is -0.159. The monoisotopic (exact) mass is 277 g/mol. The van der Waals surface area contributed by atoms with Crippen molar-refractivity contribution in [3.8, 4) is 0 Å². The van der Waals surface area contributed by atoms with E-state index in [1.807, 2.05) is 41.5 Å². The molecule has 0 aromatic rings. The third-order valence-corrected chi connectivity index (χ3v) is 1.41. The first kappa shape index (κ1) is 20.2. The number of rotatable bonds is 3. The van der Waals surface area contributed by atoms with Gasteiger partial charge in [0, 0.05) is 6.92 Å². The maximum atomic E-state index is 11.4. The number of nitrogens with two attached hydrogens (primary N) is 1. The van der Waals surface area contributed by atoms with Gasteiger partial charge in [0.15, 0.2) is 0 Å². The van der Waals surface area contributed by atoms with Gasteiger partial charge in [-0.3, -0.25) is 9.59 Å². The molecule has 0 fully saturated rings. The van der Waals surface area contributed by atoms with Gasteiger partial charge in [-0.05, 0) is 41.5 Å². The smallest absolute Gasteiger partial charge is 0.325 e. The molecule has 19 heavy (non-hydrogen) atoms. The van der Waals surface area contributed by atoms with Crippen molar-refractivity contribution in [2.24, 2.45) is 5.73 Å². The van der Waals surface area contributed by atoms with Crippen LogP contribution in [0.4, 0.5) is 0 Å². The molecule has 0 radical (unpaired) electrons. The molecule has 1 atom stereocenters. The summed E-state index contributed by atoms with van der Waals surface area (Å²) in [5, 5.41) is 7.42. The molecular weight excluding hydrogens is 250 g/mol. The summed E-state index contributed by atoms with van der Waals surface area (Å²) in [5.74, 6) is -1.26. The van der Waals surface area contributed by atoms with E-state index >= 15 is 0 Å². The van der Waals surface area contributed by atoms with Crippen molar-refractivity contribution in [3.05, 3.63) is 0 Å². The highest BCUT2D eigenvalue weighted by Gasteiger charge is 2.23. The Morgan fingerprint density at radius 2 is 1.47 bits per heavy atom. The molecule has 0 aromatic carbocycles. The van der Waals surface area contributed by atoms with E-state index in [0.717, 1.165) is 6.92 Å². The van der Waals surface area contributed by atoms with Crippen LogP contribution in [0.2, 0.25) is 0 Å². The van der Waals surface area contributed by atoms with Gasteiger partial charge < -0.3 is 20.3 Å². The van der Waals surface area contributed by atoms with E-state index in [0.29, 0.717) is 0 Å². The second-order valence-electron chi connectivity index (χ2n) is 6.08. The van der Waals surface area contributed by atoms with Crippen molar-refractivity contribution in [1.29, 1.82) is 0 Å². The van der Waals surface area contributed by atoms with Crippen molar-refractivity contribution < 1.29 is 24.2 Å². The number of carboxylic acids is 1. The Bertz CT molecular complexity index is 284. The third-order valence-electron chi connectivity index (χ3n) is 1.41. The fraction of sp³-hybridized carbons (Fsp3) is 0.846. The summed E-state index contributed by atoms with van der Waals surface area (Å²) in [5.41, 5.74) is 4.84. The Hall–Kier alpha value is -1.14. The van der Waals surface area contributed by atoms with Crippen molar-refractivity contribution in [3.63, 3.8) is 0 Å². The van der Waals surface area contributed by atoms with Crippen molar-refractivity contribution in [1.82, 2.24) is 0 Å². The quantitative estimate of drug-likeness (QED) is 0.759. The summed E-state index contributed by atoms with van der Waals surface area (Å²) in [4.78, 5) is 20.4. The molecule has 0 aliphatic rings. The lowest BCUT2D eigenvalue weighted by Gasteiger charge is -2.25. The van der Waals surface area contributed by atoms with E-state index in [2.05, 4.69) is 0 Å². The Morgan fingerprint density at radius 1 is 1.11 bits per heavy atom. The molecule has 0 saturated carbocycles. The predicted molar refractivity (Wildman–Crippen MR) is 72.8 cm³/mol. The van der Waals surface area contributed by atoms with Crippen LogP contribution in [-0.2, 0) is 19.1 Å². The minimum Gasteiger partial charge on any atom is -0.481 e. The summed E-state index contributed by atoms with van der Waals surface area (Å²) in [7, 11) is 0. The van der Waals surface area contributed by atoms with E-state index in [1.165, 1.54) is 0 Å². The normalized spacial score (nSPS) is 13.1. The fourth-order valence-electron chi connectivity index (χ4n) is 0.785. The number of aliphatic carboxylic acids is 1. The minimum atomic E-state index is -0.833. The van der Waals surface area contributed by atoms with Gasteiger partial charge >= 0.3 is 5.97 Å². The van der Waals surface area contributed by atoms with E-state index in [-0.39, 0.29) is 12.2 Å². The van der Waals surface area contributed by atoms with Gasteiger partial charge in [0.2, 0.25) is 0 Å². The van der Waals surface area contributed by atoms with Crippen LogP contribution in [0.15, 0.2) is 0 Å². The first-order chi connectivity index (χ1) is 8.24. The standard InChI is InChI=1S/C11H23NO3.C2H4O2/c1-10(2,3)14-7-8(12)9(13)15-11(4,5)6;1-2(3)4/h8H,7,12H2,1-6H3;1H3,(H,3,4)/t8-;/m0./s1. The lowest BCUT2D eigenvalue weighted by atomic mass is 10.2. The molecule has 6 heteroatoms. The number of carbonyl (C=O) groups is 2. The van der Waals surface area contributed by atoms with Gasteiger partial charge in [0.1, 0.15) is 11.6 Å². The van der Waals surface area contributed by atoms with Crippen LogP contribution in [0, 0.1) is 0 Å². The number of esters is 1. The highest BCUT2D eigenvalue weighted by atomic mass is 16.6. The van der Waals surface area contributed by atoms with Crippen molar-refractivity contribution in [2.75, 3.05) is 6.61 Å². The van der Waals surface area contributed by atoms with Crippen LogP contribution >= 0.6 is 0 Å². The Kier molecular flexibility index (Phi) is 8.62. The molecule has 0 aliphatic carbocycles.